The lowest BCUT2D eigenvalue weighted by Gasteiger charge is -2.12. The van der Waals surface area contributed by atoms with Crippen LogP contribution in [0, 0.1) is 12.7 Å². The van der Waals surface area contributed by atoms with Crippen molar-refractivity contribution in [3.63, 3.8) is 0 Å². The molecule has 2 aromatic rings. The number of halogens is 1. The van der Waals surface area contributed by atoms with Gasteiger partial charge in [-0.25, -0.2) is 9.37 Å². The molecule has 94 valence electrons. The van der Waals surface area contributed by atoms with Crippen molar-refractivity contribution in [2.45, 2.75) is 6.92 Å². The predicted molar refractivity (Wildman–Crippen MR) is 69.6 cm³/mol. The lowest BCUT2D eigenvalue weighted by molar-refractivity contribution is 0.416. The second-order valence-electron chi connectivity index (χ2n) is 3.90. The fraction of sp³-hybridized carbons (Fsp3) is 0.154. The maximum atomic E-state index is 13.2. The summed E-state index contributed by atoms with van der Waals surface area (Å²) in [5.74, 6) is 0.828. The van der Waals surface area contributed by atoms with E-state index in [9.17, 15) is 4.39 Å². The molecule has 1 aromatic heterocycles. The monoisotopic (exact) mass is 247 g/mol. The van der Waals surface area contributed by atoms with Crippen molar-refractivity contribution in [1.29, 1.82) is 0 Å². The number of hydrogen-bond donors (Lipinski definition) is 2. The number of anilines is 3. The van der Waals surface area contributed by atoms with Gasteiger partial charge in [-0.2, -0.15) is 0 Å². The van der Waals surface area contributed by atoms with Crippen molar-refractivity contribution < 1.29 is 9.13 Å². The zero-order valence-electron chi connectivity index (χ0n) is 10.2. The highest BCUT2D eigenvalue weighted by atomic mass is 19.1. The Morgan fingerprint density at radius 3 is 2.78 bits per heavy atom. The van der Waals surface area contributed by atoms with Crippen LogP contribution in [-0.2, 0) is 0 Å². The number of methoxy groups -OCH3 is 1. The summed E-state index contributed by atoms with van der Waals surface area (Å²) in [6, 6.07) is 6.05. The number of nitrogens with one attached hydrogen (secondary N) is 1. The standard InChI is InChI=1S/C13H14FN3O/c1-8-5-10(15)7-16-13(8)17-11-6-9(14)3-4-12(11)18-2/h3-7H,15H2,1-2H3,(H,16,17). The Morgan fingerprint density at radius 2 is 2.11 bits per heavy atom. The Labute approximate surface area is 105 Å². The number of nitrogen functional groups attached to an aromatic ring is 1. The van der Waals surface area contributed by atoms with Gasteiger partial charge >= 0.3 is 0 Å². The van der Waals surface area contributed by atoms with E-state index in [1.807, 2.05) is 6.92 Å². The molecule has 0 unspecified atom stereocenters. The van der Waals surface area contributed by atoms with E-state index in [0.29, 0.717) is 22.9 Å². The van der Waals surface area contributed by atoms with E-state index in [4.69, 9.17) is 10.5 Å². The zero-order valence-corrected chi connectivity index (χ0v) is 10.2. The number of hydrogen-bond acceptors (Lipinski definition) is 4. The minimum atomic E-state index is -0.341. The third-order valence-corrected chi connectivity index (χ3v) is 2.51. The molecular formula is C13H14FN3O. The highest BCUT2D eigenvalue weighted by Gasteiger charge is 2.07. The molecule has 0 saturated heterocycles. The third kappa shape index (κ3) is 2.51. The molecule has 0 saturated carbocycles. The summed E-state index contributed by atoms with van der Waals surface area (Å²) >= 11 is 0. The summed E-state index contributed by atoms with van der Waals surface area (Å²) in [5, 5.41) is 3.03. The maximum Gasteiger partial charge on any atom is 0.142 e. The average molecular weight is 247 g/mol. The SMILES string of the molecule is COc1ccc(F)cc1Nc1ncc(N)cc1C. The molecule has 0 radical (unpaired) electrons. The summed E-state index contributed by atoms with van der Waals surface area (Å²) < 4.78 is 18.4. The molecule has 0 aliphatic heterocycles. The van der Waals surface area contributed by atoms with Gasteiger partial charge in [0.05, 0.1) is 24.7 Å². The number of pyridine rings is 1. The first kappa shape index (κ1) is 12.2. The molecule has 3 N–H and O–H groups in total. The quantitative estimate of drug-likeness (QED) is 0.875. The van der Waals surface area contributed by atoms with Gasteiger partial charge in [-0.1, -0.05) is 0 Å². The van der Waals surface area contributed by atoms with Gasteiger partial charge in [0, 0.05) is 6.07 Å². The number of rotatable bonds is 3. The van der Waals surface area contributed by atoms with Crippen LogP contribution in [0.2, 0.25) is 0 Å². The van der Waals surface area contributed by atoms with Crippen LogP contribution in [0.1, 0.15) is 5.56 Å². The van der Waals surface area contributed by atoms with Gasteiger partial charge in [-0.3, -0.25) is 0 Å². The number of nitrogens with zero attached hydrogens (tertiary/aromatic N) is 1. The van der Waals surface area contributed by atoms with Gasteiger partial charge in [0.2, 0.25) is 0 Å². The van der Waals surface area contributed by atoms with E-state index in [1.165, 1.54) is 19.2 Å². The average Bonchev–Trinajstić information content (AvgIpc) is 2.33. The molecule has 4 nitrogen and oxygen atoms in total. The number of benzene rings is 1. The van der Waals surface area contributed by atoms with Crippen molar-refractivity contribution in [2.24, 2.45) is 0 Å². The van der Waals surface area contributed by atoms with Crippen LogP contribution in [-0.4, -0.2) is 12.1 Å². The first-order chi connectivity index (χ1) is 8.60. The van der Waals surface area contributed by atoms with Gasteiger partial charge in [-0.15, -0.1) is 0 Å². The normalized spacial score (nSPS) is 10.2. The van der Waals surface area contributed by atoms with Gasteiger partial charge in [0.15, 0.2) is 0 Å². The van der Waals surface area contributed by atoms with Crippen molar-refractivity contribution >= 4 is 17.2 Å². The molecule has 5 heteroatoms. The van der Waals surface area contributed by atoms with E-state index < -0.39 is 0 Å². The van der Waals surface area contributed by atoms with E-state index in [2.05, 4.69) is 10.3 Å². The van der Waals surface area contributed by atoms with Crippen LogP contribution in [0.15, 0.2) is 30.5 Å². The highest BCUT2D eigenvalue weighted by Crippen LogP contribution is 2.28. The van der Waals surface area contributed by atoms with Crippen LogP contribution < -0.4 is 15.8 Å². The molecule has 2 rings (SSSR count). The van der Waals surface area contributed by atoms with Crippen molar-refractivity contribution in [3.8, 4) is 5.75 Å². The molecule has 0 amide bonds. The minimum Gasteiger partial charge on any atom is -0.495 e. The van der Waals surface area contributed by atoms with Gasteiger partial charge in [0.25, 0.3) is 0 Å². The molecular weight excluding hydrogens is 233 g/mol. The summed E-state index contributed by atoms with van der Waals surface area (Å²) in [7, 11) is 1.53. The fourth-order valence-electron chi connectivity index (χ4n) is 1.63. The number of aryl methyl sites for hydroxylation is 1. The Hall–Kier alpha value is -2.30. The molecule has 0 atom stereocenters. The van der Waals surface area contributed by atoms with E-state index in [0.717, 1.165) is 5.56 Å². The van der Waals surface area contributed by atoms with Gasteiger partial charge in [-0.05, 0) is 30.7 Å². The van der Waals surface area contributed by atoms with E-state index in [1.54, 1.807) is 18.3 Å². The molecule has 1 heterocycles. The summed E-state index contributed by atoms with van der Waals surface area (Å²) in [6.07, 6.45) is 1.54. The van der Waals surface area contributed by atoms with Crippen LogP contribution in [0.4, 0.5) is 21.6 Å². The van der Waals surface area contributed by atoms with Crippen LogP contribution in [0.5, 0.6) is 5.75 Å². The first-order valence-corrected chi connectivity index (χ1v) is 5.43. The van der Waals surface area contributed by atoms with E-state index >= 15 is 0 Å². The van der Waals surface area contributed by atoms with Gasteiger partial charge < -0.3 is 15.8 Å². The Morgan fingerprint density at radius 1 is 1.33 bits per heavy atom. The topological polar surface area (TPSA) is 60.2 Å². The summed E-state index contributed by atoms with van der Waals surface area (Å²) in [5.41, 5.74) is 7.62. The van der Waals surface area contributed by atoms with Crippen LogP contribution in [0.25, 0.3) is 0 Å². The molecule has 0 bridgehead atoms. The predicted octanol–water partition coefficient (Wildman–Crippen LogP) is 2.86. The van der Waals surface area contributed by atoms with Crippen LogP contribution >= 0.6 is 0 Å². The molecule has 0 aliphatic carbocycles. The lowest BCUT2D eigenvalue weighted by Crippen LogP contribution is -2.00. The first-order valence-electron chi connectivity index (χ1n) is 5.43. The van der Waals surface area contributed by atoms with Crippen LogP contribution in [0.3, 0.4) is 0 Å². The molecule has 1 aromatic carbocycles. The zero-order chi connectivity index (χ0) is 13.1. The second kappa shape index (κ2) is 4.91. The summed E-state index contributed by atoms with van der Waals surface area (Å²) in [4.78, 5) is 4.16. The third-order valence-electron chi connectivity index (χ3n) is 2.51. The number of aromatic nitrogens is 1. The maximum absolute atomic E-state index is 13.2. The van der Waals surface area contributed by atoms with Crippen molar-refractivity contribution in [1.82, 2.24) is 4.98 Å². The Balaban J connectivity index is 2.36. The largest absolute Gasteiger partial charge is 0.495 e. The van der Waals surface area contributed by atoms with Crippen molar-refractivity contribution in [3.05, 3.63) is 41.8 Å². The molecule has 0 aliphatic rings. The smallest absolute Gasteiger partial charge is 0.142 e. The molecule has 0 fully saturated rings. The molecule has 0 spiro atoms. The summed E-state index contributed by atoms with van der Waals surface area (Å²) in [6.45, 7) is 1.87. The minimum absolute atomic E-state index is 0.341. The fourth-order valence-corrected chi connectivity index (χ4v) is 1.63. The lowest BCUT2D eigenvalue weighted by atomic mass is 10.2. The Bertz CT molecular complexity index is 572. The van der Waals surface area contributed by atoms with Gasteiger partial charge in [0.1, 0.15) is 17.4 Å². The number of nitrogens with two attached hydrogens (primary N) is 1. The molecule has 18 heavy (non-hydrogen) atoms. The second-order valence-corrected chi connectivity index (χ2v) is 3.90. The highest BCUT2D eigenvalue weighted by molar-refractivity contribution is 5.66. The Kier molecular flexibility index (Phi) is 3.32. The van der Waals surface area contributed by atoms with Crippen molar-refractivity contribution in [2.75, 3.05) is 18.2 Å². The number of ether oxygens (including phenoxy) is 1. The van der Waals surface area contributed by atoms with E-state index in [-0.39, 0.29) is 5.82 Å².